The normalized spacial score (nSPS) is 9.40. The Morgan fingerprint density at radius 3 is 2.35 bits per heavy atom. The molecule has 104 valence electrons. The third-order valence-corrected chi connectivity index (χ3v) is 3.29. The lowest BCUT2D eigenvalue weighted by Gasteiger charge is -2.21. The maximum Gasteiger partial charge on any atom is 0.321 e. The Labute approximate surface area is 127 Å². The second-order valence-electron chi connectivity index (χ2n) is 3.83. The molecule has 1 aromatic rings. The molecule has 0 aromatic heterocycles. The van der Waals surface area contributed by atoms with Gasteiger partial charge in [0.05, 0.1) is 40.7 Å². The molecular formula is C13H12Cl2N4O. The van der Waals surface area contributed by atoms with Gasteiger partial charge in [-0.3, -0.25) is 0 Å². The number of rotatable bonds is 5. The third kappa shape index (κ3) is 4.62. The van der Waals surface area contributed by atoms with Crippen LogP contribution in [0.5, 0.6) is 0 Å². The Hall–Kier alpha value is -1.95. The molecule has 1 aromatic carbocycles. The number of carbonyl (C=O) groups is 1. The fraction of sp³-hybridized carbons (Fsp3) is 0.308. The Morgan fingerprint density at radius 1 is 1.20 bits per heavy atom. The van der Waals surface area contributed by atoms with Gasteiger partial charge in [-0.1, -0.05) is 29.3 Å². The number of nitrogens with one attached hydrogen (secondary N) is 1. The first-order valence-electron chi connectivity index (χ1n) is 5.84. The van der Waals surface area contributed by atoms with Crippen LogP contribution in [0.2, 0.25) is 10.0 Å². The van der Waals surface area contributed by atoms with Crippen LogP contribution in [0.15, 0.2) is 18.2 Å². The van der Waals surface area contributed by atoms with E-state index in [1.165, 1.54) is 4.90 Å². The van der Waals surface area contributed by atoms with Gasteiger partial charge in [-0.2, -0.15) is 10.5 Å². The summed E-state index contributed by atoms with van der Waals surface area (Å²) >= 11 is 11.8. The summed E-state index contributed by atoms with van der Waals surface area (Å²) < 4.78 is 0. The number of urea groups is 1. The van der Waals surface area contributed by atoms with Gasteiger partial charge in [0.25, 0.3) is 0 Å². The summed E-state index contributed by atoms with van der Waals surface area (Å²) in [7, 11) is 0. The summed E-state index contributed by atoms with van der Waals surface area (Å²) in [5.74, 6) is 0. The number of nitriles is 2. The Bertz CT molecular complexity index is 544. The van der Waals surface area contributed by atoms with Crippen molar-refractivity contribution in [1.29, 1.82) is 10.5 Å². The minimum Gasteiger partial charge on any atom is -0.322 e. The van der Waals surface area contributed by atoms with E-state index in [0.717, 1.165) is 0 Å². The minimum absolute atomic E-state index is 0.197. The number of nitrogens with zero attached hydrogens (tertiary/aromatic N) is 3. The van der Waals surface area contributed by atoms with Crippen molar-refractivity contribution < 1.29 is 4.79 Å². The van der Waals surface area contributed by atoms with Crippen molar-refractivity contribution in [2.45, 2.75) is 12.8 Å². The molecule has 5 nitrogen and oxygen atoms in total. The van der Waals surface area contributed by atoms with Crippen molar-refractivity contribution in [1.82, 2.24) is 4.90 Å². The predicted molar refractivity (Wildman–Crippen MR) is 77.5 cm³/mol. The van der Waals surface area contributed by atoms with E-state index in [1.807, 2.05) is 12.1 Å². The summed E-state index contributed by atoms with van der Waals surface area (Å²) in [6, 6.07) is 8.41. The van der Waals surface area contributed by atoms with E-state index in [9.17, 15) is 4.79 Å². The summed E-state index contributed by atoms with van der Waals surface area (Å²) in [5.41, 5.74) is 0.392. The molecule has 0 atom stereocenters. The minimum atomic E-state index is -0.417. The van der Waals surface area contributed by atoms with E-state index in [0.29, 0.717) is 10.7 Å². The second-order valence-corrected chi connectivity index (χ2v) is 4.62. The lowest BCUT2D eigenvalue weighted by atomic mass is 10.3. The maximum absolute atomic E-state index is 12.1. The van der Waals surface area contributed by atoms with Gasteiger partial charge in [0.15, 0.2) is 0 Å². The number of carbonyl (C=O) groups excluding carboxylic acids is 1. The zero-order chi connectivity index (χ0) is 15.0. The fourth-order valence-electron chi connectivity index (χ4n) is 1.48. The van der Waals surface area contributed by atoms with E-state index in [-0.39, 0.29) is 31.0 Å². The maximum atomic E-state index is 12.1. The average molecular weight is 311 g/mol. The topological polar surface area (TPSA) is 79.9 Å². The fourth-order valence-corrected chi connectivity index (χ4v) is 1.83. The summed E-state index contributed by atoms with van der Waals surface area (Å²) in [5, 5.41) is 20.4. The highest BCUT2D eigenvalue weighted by molar-refractivity contribution is 6.43. The number of benzene rings is 1. The van der Waals surface area contributed by atoms with Gasteiger partial charge in [0, 0.05) is 13.1 Å². The van der Waals surface area contributed by atoms with Crippen LogP contribution in [0.1, 0.15) is 12.8 Å². The van der Waals surface area contributed by atoms with Crippen LogP contribution < -0.4 is 5.32 Å². The summed E-state index contributed by atoms with van der Waals surface area (Å²) in [4.78, 5) is 13.5. The average Bonchev–Trinajstić information content (AvgIpc) is 2.44. The lowest BCUT2D eigenvalue weighted by Crippen LogP contribution is -2.36. The standard InChI is InChI=1S/C13H12Cl2N4O/c14-10-4-1-5-11(12(10)15)18-13(20)19(8-2-6-16)9-3-7-17/h1,4-5H,2-3,8-9H2,(H,18,20). The van der Waals surface area contributed by atoms with Gasteiger partial charge in [-0.15, -0.1) is 0 Å². The molecule has 2 amide bonds. The molecule has 0 aliphatic rings. The summed E-state index contributed by atoms with van der Waals surface area (Å²) in [6.07, 6.45) is 0.393. The molecule has 7 heteroatoms. The van der Waals surface area contributed by atoms with Crippen LogP contribution >= 0.6 is 23.2 Å². The van der Waals surface area contributed by atoms with E-state index in [2.05, 4.69) is 5.32 Å². The van der Waals surface area contributed by atoms with Crippen molar-refractivity contribution in [3.63, 3.8) is 0 Å². The van der Waals surface area contributed by atoms with Crippen LogP contribution in [0.4, 0.5) is 10.5 Å². The van der Waals surface area contributed by atoms with Crippen LogP contribution in [0.25, 0.3) is 0 Å². The SMILES string of the molecule is N#CCCN(CCC#N)C(=O)Nc1cccc(Cl)c1Cl. The molecular weight excluding hydrogens is 299 g/mol. The molecule has 0 spiro atoms. The molecule has 0 fully saturated rings. The first-order valence-corrected chi connectivity index (χ1v) is 6.59. The highest BCUT2D eigenvalue weighted by Crippen LogP contribution is 2.29. The molecule has 0 heterocycles. The zero-order valence-corrected chi connectivity index (χ0v) is 12.1. The number of anilines is 1. The highest BCUT2D eigenvalue weighted by Gasteiger charge is 2.15. The van der Waals surface area contributed by atoms with Gasteiger partial charge in [0.1, 0.15) is 0 Å². The van der Waals surface area contributed by atoms with Crippen molar-refractivity contribution in [2.24, 2.45) is 0 Å². The number of hydrogen-bond acceptors (Lipinski definition) is 3. The second kappa shape index (κ2) is 8.27. The van der Waals surface area contributed by atoms with E-state index in [4.69, 9.17) is 33.7 Å². The van der Waals surface area contributed by atoms with E-state index >= 15 is 0 Å². The molecule has 0 aliphatic carbocycles. The molecule has 0 unspecified atom stereocenters. The monoisotopic (exact) mass is 310 g/mol. The third-order valence-electron chi connectivity index (χ3n) is 2.47. The Balaban J connectivity index is 2.77. The largest absolute Gasteiger partial charge is 0.322 e. The van der Waals surface area contributed by atoms with Gasteiger partial charge in [0.2, 0.25) is 0 Å². The Morgan fingerprint density at radius 2 is 1.80 bits per heavy atom. The first-order chi connectivity index (χ1) is 9.60. The van der Waals surface area contributed by atoms with Crippen LogP contribution in [0.3, 0.4) is 0 Å². The van der Waals surface area contributed by atoms with Crippen molar-refractivity contribution in [2.75, 3.05) is 18.4 Å². The zero-order valence-electron chi connectivity index (χ0n) is 10.6. The van der Waals surface area contributed by atoms with Gasteiger partial charge < -0.3 is 10.2 Å². The first kappa shape index (κ1) is 16.1. The van der Waals surface area contributed by atoms with Gasteiger partial charge in [-0.05, 0) is 12.1 Å². The van der Waals surface area contributed by atoms with Crippen molar-refractivity contribution in [3.8, 4) is 12.1 Å². The Kier molecular flexibility index (Phi) is 6.66. The van der Waals surface area contributed by atoms with Crippen LogP contribution in [-0.2, 0) is 0 Å². The smallest absolute Gasteiger partial charge is 0.321 e. The van der Waals surface area contributed by atoms with Gasteiger partial charge in [-0.25, -0.2) is 4.79 Å². The molecule has 0 radical (unpaired) electrons. The van der Waals surface area contributed by atoms with Crippen molar-refractivity contribution in [3.05, 3.63) is 28.2 Å². The van der Waals surface area contributed by atoms with E-state index in [1.54, 1.807) is 18.2 Å². The molecule has 1 N–H and O–H groups in total. The van der Waals surface area contributed by atoms with Crippen molar-refractivity contribution >= 4 is 34.9 Å². The molecule has 20 heavy (non-hydrogen) atoms. The van der Waals surface area contributed by atoms with Crippen LogP contribution in [-0.4, -0.2) is 24.0 Å². The number of hydrogen-bond donors (Lipinski definition) is 1. The molecule has 0 bridgehead atoms. The van der Waals surface area contributed by atoms with Gasteiger partial charge >= 0.3 is 6.03 Å². The lowest BCUT2D eigenvalue weighted by molar-refractivity contribution is 0.214. The number of amides is 2. The molecule has 0 aliphatic heterocycles. The molecule has 0 saturated carbocycles. The van der Waals surface area contributed by atoms with E-state index < -0.39 is 6.03 Å². The predicted octanol–water partition coefficient (Wildman–Crippen LogP) is 3.65. The molecule has 1 rings (SSSR count). The summed E-state index contributed by atoms with van der Waals surface area (Å²) in [6.45, 7) is 0.504. The quantitative estimate of drug-likeness (QED) is 0.901. The van der Waals surface area contributed by atoms with Crippen LogP contribution in [0, 0.1) is 22.7 Å². The number of halogens is 2. The molecule has 0 saturated heterocycles. The highest BCUT2D eigenvalue weighted by atomic mass is 35.5.